The molecule has 0 bridgehead atoms. The van der Waals surface area contributed by atoms with Gasteiger partial charge in [-0.2, -0.15) is 0 Å². The minimum Gasteiger partial charge on any atom is -0.492 e. The summed E-state index contributed by atoms with van der Waals surface area (Å²) in [4.78, 5) is 41.3. The smallest absolute Gasteiger partial charge is 0.332 e. The van der Waals surface area contributed by atoms with Crippen molar-refractivity contribution < 1.29 is 19.1 Å². The van der Waals surface area contributed by atoms with Crippen molar-refractivity contribution in [1.82, 2.24) is 9.80 Å². The number of rotatable bonds is 5. The summed E-state index contributed by atoms with van der Waals surface area (Å²) >= 11 is 5.77. The van der Waals surface area contributed by atoms with Gasteiger partial charge in [0.25, 0.3) is 0 Å². The van der Waals surface area contributed by atoms with Crippen molar-refractivity contribution in [3.8, 4) is 5.75 Å². The molecule has 2 rings (SSSR count). The van der Waals surface area contributed by atoms with E-state index in [9.17, 15) is 14.4 Å². The molecule has 0 spiro atoms. The Bertz CT molecular complexity index is 621. The fourth-order valence-electron chi connectivity index (χ4n) is 1.99. The zero-order chi connectivity index (χ0) is 17.0. The van der Waals surface area contributed by atoms with Gasteiger partial charge in [0.2, 0.25) is 11.8 Å². The number of hydrogen-bond acceptors (Lipinski definition) is 5. The highest BCUT2D eigenvalue weighted by Crippen LogP contribution is 2.15. The minimum atomic E-state index is -1.07. The van der Waals surface area contributed by atoms with Gasteiger partial charge in [-0.3, -0.25) is 24.4 Å². The molecule has 1 fully saturated rings. The van der Waals surface area contributed by atoms with Gasteiger partial charge >= 0.3 is 6.03 Å². The third kappa shape index (κ3) is 3.87. The van der Waals surface area contributed by atoms with Crippen LogP contribution in [0.3, 0.4) is 0 Å². The first-order valence-corrected chi connectivity index (χ1v) is 7.27. The lowest BCUT2D eigenvalue weighted by molar-refractivity contribution is -0.144. The predicted octanol–water partition coefficient (Wildman–Crippen LogP) is 1.46. The van der Waals surface area contributed by atoms with E-state index in [0.29, 0.717) is 10.8 Å². The number of hydrogen-bond donors (Lipinski definition) is 0. The number of benzene rings is 1. The number of imide groups is 2. The molecular weight excluding hydrogens is 322 g/mol. The maximum Gasteiger partial charge on any atom is 0.332 e. The van der Waals surface area contributed by atoms with Crippen molar-refractivity contribution in [1.29, 1.82) is 0 Å². The number of carbonyl (C=O) groups excluding carboxylic acids is 3. The monoisotopic (exact) mass is 337 g/mol. The molecule has 0 N–H and O–H groups in total. The third-order valence-electron chi connectivity index (χ3n) is 3.32. The van der Waals surface area contributed by atoms with Crippen LogP contribution in [0.25, 0.3) is 0 Å². The van der Waals surface area contributed by atoms with Crippen molar-refractivity contribution in [2.24, 2.45) is 10.9 Å². The van der Waals surface area contributed by atoms with Crippen LogP contribution in [-0.2, 0) is 9.59 Å². The van der Waals surface area contributed by atoms with E-state index in [-0.39, 0.29) is 13.2 Å². The Morgan fingerprint density at radius 2 is 1.70 bits per heavy atom. The molecule has 0 saturated carbocycles. The van der Waals surface area contributed by atoms with E-state index in [1.165, 1.54) is 20.3 Å². The highest BCUT2D eigenvalue weighted by Gasteiger charge is 2.41. The van der Waals surface area contributed by atoms with E-state index < -0.39 is 23.8 Å². The highest BCUT2D eigenvalue weighted by molar-refractivity contribution is 6.30. The standard InChI is InChI=1S/C15H16ClN3O4/c1-18-13(20)12(14(21)19(2)15(18)22)9-17-7-8-23-11-5-3-10(16)4-6-11/h3-6,9,12H,7-8H2,1-2H3. The molecule has 122 valence electrons. The lowest BCUT2D eigenvalue weighted by Gasteiger charge is -2.31. The maximum atomic E-state index is 11.9. The molecule has 0 atom stereocenters. The van der Waals surface area contributed by atoms with Crippen molar-refractivity contribution in [3.05, 3.63) is 29.3 Å². The van der Waals surface area contributed by atoms with E-state index in [1.807, 2.05) is 0 Å². The number of barbiturate groups is 1. The quantitative estimate of drug-likeness (QED) is 0.463. The molecule has 0 unspecified atom stereocenters. The molecule has 8 heteroatoms. The number of ether oxygens (including phenoxy) is 1. The van der Waals surface area contributed by atoms with Gasteiger partial charge < -0.3 is 4.74 Å². The molecule has 4 amide bonds. The van der Waals surface area contributed by atoms with Crippen LogP contribution in [0.2, 0.25) is 5.02 Å². The predicted molar refractivity (Wildman–Crippen MR) is 84.7 cm³/mol. The molecule has 7 nitrogen and oxygen atoms in total. The summed E-state index contributed by atoms with van der Waals surface area (Å²) in [6.45, 7) is 0.568. The van der Waals surface area contributed by atoms with Crippen LogP contribution in [0.1, 0.15) is 0 Å². The molecule has 1 aliphatic rings. The van der Waals surface area contributed by atoms with Gasteiger partial charge in [-0.15, -0.1) is 0 Å². The Hall–Kier alpha value is -2.41. The van der Waals surface area contributed by atoms with Crippen molar-refractivity contribution in [3.63, 3.8) is 0 Å². The summed E-state index contributed by atoms with van der Waals surface area (Å²) in [5.41, 5.74) is 0. The zero-order valence-corrected chi connectivity index (χ0v) is 13.5. The first-order valence-electron chi connectivity index (χ1n) is 6.89. The normalized spacial score (nSPS) is 16.6. The van der Waals surface area contributed by atoms with Crippen molar-refractivity contribution >= 4 is 35.7 Å². The van der Waals surface area contributed by atoms with Gasteiger partial charge in [-0.05, 0) is 24.3 Å². The van der Waals surface area contributed by atoms with Crippen LogP contribution < -0.4 is 4.74 Å². The molecule has 1 heterocycles. The second-order valence-electron chi connectivity index (χ2n) is 4.91. The SMILES string of the molecule is CN1C(=O)C(C=NCCOc2ccc(Cl)cc2)C(=O)N(C)C1=O. The largest absolute Gasteiger partial charge is 0.492 e. The van der Waals surface area contributed by atoms with Gasteiger partial charge in [0.05, 0.1) is 6.54 Å². The Morgan fingerprint density at radius 3 is 2.26 bits per heavy atom. The zero-order valence-electron chi connectivity index (χ0n) is 12.7. The second-order valence-corrected chi connectivity index (χ2v) is 5.35. The van der Waals surface area contributed by atoms with Gasteiger partial charge in [0.15, 0.2) is 5.92 Å². The third-order valence-corrected chi connectivity index (χ3v) is 3.58. The number of carbonyl (C=O) groups is 3. The van der Waals surface area contributed by atoms with E-state index in [4.69, 9.17) is 16.3 Å². The number of aliphatic imine (C=N–C) groups is 1. The number of halogens is 1. The summed E-state index contributed by atoms with van der Waals surface area (Å²) in [5, 5.41) is 0.618. The number of urea groups is 1. The Kier molecular flexibility index (Phi) is 5.33. The molecule has 0 radical (unpaired) electrons. The van der Waals surface area contributed by atoms with Crippen LogP contribution in [0, 0.1) is 5.92 Å². The number of amides is 4. The molecule has 0 aromatic heterocycles. The van der Waals surface area contributed by atoms with Crippen LogP contribution in [0.4, 0.5) is 4.79 Å². The van der Waals surface area contributed by atoms with Crippen LogP contribution >= 0.6 is 11.6 Å². The molecular formula is C15H16ClN3O4. The topological polar surface area (TPSA) is 79.3 Å². The second kappa shape index (κ2) is 7.23. The van der Waals surface area contributed by atoms with Crippen molar-refractivity contribution in [2.45, 2.75) is 0 Å². The lowest BCUT2D eigenvalue weighted by atomic mass is 10.1. The van der Waals surface area contributed by atoms with E-state index in [2.05, 4.69) is 4.99 Å². The van der Waals surface area contributed by atoms with E-state index in [1.54, 1.807) is 24.3 Å². The molecule has 1 aromatic rings. The maximum absolute atomic E-state index is 11.9. The summed E-state index contributed by atoms with van der Waals surface area (Å²) in [6.07, 6.45) is 1.26. The molecule has 1 saturated heterocycles. The van der Waals surface area contributed by atoms with Gasteiger partial charge in [0.1, 0.15) is 12.4 Å². The van der Waals surface area contributed by atoms with Crippen LogP contribution in [-0.4, -0.2) is 61.1 Å². The summed E-state index contributed by atoms with van der Waals surface area (Å²) in [5.74, 6) is -1.58. The average molecular weight is 338 g/mol. The average Bonchev–Trinajstić information content (AvgIpc) is 2.55. The van der Waals surface area contributed by atoms with Gasteiger partial charge in [-0.1, -0.05) is 11.6 Å². The van der Waals surface area contributed by atoms with Crippen molar-refractivity contribution in [2.75, 3.05) is 27.2 Å². The lowest BCUT2D eigenvalue weighted by Crippen LogP contribution is -2.57. The van der Waals surface area contributed by atoms with Crippen LogP contribution in [0.15, 0.2) is 29.3 Å². The first kappa shape index (κ1) is 17.0. The Labute approximate surface area is 138 Å². The summed E-state index contributed by atoms with van der Waals surface area (Å²) in [7, 11) is 2.66. The molecule has 1 aromatic carbocycles. The Balaban J connectivity index is 1.87. The van der Waals surface area contributed by atoms with Gasteiger partial charge in [0, 0.05) is 25.3 Å². The number of nitrogens with zero attached hydrogens (tertiary/aromatic N) is 3. The summed E-state index contributed by atoms with van der Waals surface area (Å²) < 4.78 is 5.45. The fraction of sp³-hybridized carbons (Fsp3) is 0.333. The highest BCUT2D eigenvalue weighted by atomic mass is 35.5. The molecule has 23 heavy (non-hydrogen) atoms. The summed E-state index contributed by atoms with van der Waals surface area (Å²) in [6, 6.07) is 6.24. The molecule has 0 aliphatic carbocycles. The first-order chi connectivity index (χ1) is 10.9. The van der Waals surface area contributed by atoms with E-state index in [0.717, 1.165) is 9.80 Å². The molecule has 1 aliphatic heterocycles. The van der Waals surface area contributed by atoms with Crippen LogP contribution in [0.5, 0.6) is 5.75 Å². The minimum absolute atomic E-state index is 0.279. The van der Waals surface area contributed by atoms with Gasteiger partial charge in [-0.25, -0.2) is 4.79 Å². The van der Waals surface area contributed by atoms with E-state index >= 15 is 0 Å². The fourth-order valence-corrected chi connectivity index (χ4v) is 2.12. The Morgan fingerprint density at radius 1 is 1.13 bits per heavy atom.